The molecule has 0 N–H and O–H groups in total. The Hall–Kier alpha value is -0.940. The molecular weight excluding hydrogens is 284 g/mol. The highest BCUT2D eigenvalue weighted by Crippen LogP contribution is 2.36. The van der Waals surface area contributed by atoms with E-state index in [0.717, 1.165) is 6.42 Å². The van der Waals surface area contributed by atoms with Crippen molar-refractivity contribution in [3.8, 4) is 0 Å². The summed E-state index contributed by atoms with van der Waals surface area (Å²) in [5.74, 6) is -0.959. The molecule has 0 aliphatic carbocycles. The predicted octanol–water partition coefficient (Wildman–Crippen LogP) is 2.96. The summed E-state index contributed by atoms with van der Waals surface area (Å²) >= 11 is 0. The molecule has 1 rings (SSSR count). The average Bonchev–Trinajstić information content (AvgIpc) is 2.83. The van der Waals surface area contributed by atoms with Crippen molar-refractivity contribution in [3.05, 3.63) is 0 Å². The number of hydrogen-bond donors (Lipinski definition) is 0. The zero-order valence-electron chi connectivity index (χ0n) is 14.5. The summed E-state index contributed by atoms with van der Waals surface area (Å²) < 4.78 is 16.6. The standard InChI is InChI=1S/C17H30O5/c1-6-20-16(19)9-15(18)14(13(4)5)11-17(10-12(2)3)21-7-8-22-17/h12-14H,6-11H2,1-5H3. The van der Waals surface area contributed by atoms with Gasteiger partial charge in [0.2, 0.25) is 0 Å². The van der Waals surface area contributed by atoms with Crippen molar-refractivity contribution in [2.45, 2.75) is 59.7 Å². The summed E-state index contributed by atoms with van der Waals surface area (Å²) in [4.78, 5) is 24.0. The van der Waals surface area contributed by atoms with Gasteiger partial charge in [-0.05, 0) is 18.8 Å². The minimum absolute atomic E-state index is 0.0873. The number of carbonyl (C=O) groups is 2. The zero-order valence-corrected chi connectivity index (χ0v) is 14.5. The van der Waals surface area contributed by atoms with Crippen molar-refractivity contribution in [1.29, 1.82) is 0 Å². The van der Waals surface area contributed by atoms with Gasteiger partial charge in [0.25, 0.3) is 0 Å². The second-order valence-electron chi connectivity index (χ2n) is 6.71. The van der Waals surface area contributed by atoms with Gasteiger partial charge in [0.1, 0.15) is 12.2 Å². The summed E-state index contributed by atoms with van der Waals surface area (Å²) in [5.41, 5.74) is 0. The molecule has 1 unspecified atom stereocenters. The molecule has 1 aliphatic heterocycles. The number of ether oxygens (including phenoxy) is 3. The Kier molecular flexibility index (Phi) is 7.49. The molecule has 0 bridgehead atoms. The molecule has 1 fully saturated rings. The third-order valence-electron chi connectivity index (χ3n) is 3.91. The molecule has 5 nitrogen and oxygen atoms in total. The third kappa shape index (κ3) is 5.69. The zero-order chi connectivity index (χ0) is 16.8. The molecule has 128 valence electrons. The van der Waals surface area contributed by atoms with E-state index in [1.54, 1.807) is 6.92 Å². The van der Waals surface area contributed by atoms with Gasteiger partial charge >= 0.3 is 5.97 Å². The van der Waals surface area contributed by atoms with Crippen LogP contribution in [-0.2, 0) is 23.8 Å². The highest BCUT2D eigenvalue weighted by atomic mass is 16.7. The van der Waals surface area contributed by atoms with Crippen LogP contribution in [0.1, 0.15) is 53.9 Å². The van der Waals surface area contributed by atoms with Crippen LogP contribution in [0.4, 0.5) is 0 Å². The lowest BCUT2D eigenvalue weighted by atomic mass is 9.82. The van der Waals surface area contributed by atoms with E-state index < -0.39 is 11.8 Å². The lowest BCUT2D eigenvalue weighted by molar-refractivity contribution is -0.185. The number of esters is 1. The molecular formula is C17H30O5. The van der Waals surface area contributed by atoms with E-state index in [9.17, 15) is 9.59 Å². The highest BCUT2D eigenvalue weighted by molar-refractivity contribution is 5.96. The fourth-order valence-electron chi connectivity index (χ4n) is 2.98. The molecule has 0 radical (unpaired) electrons. The van der Waals surface area contributed by atoms with Gasteiger partial charge in [-0.15, -0.1) is 0 Å². The maximum absolute atomic E-state index is 12.5. The van der Waals surface area contributed by atoms with Crippen molar-refractivity contribution < 1.29 is 23.8 Å². The van der Waals surface area contributed by atoms with Gasteiger partial charge in [-0.25, -0.2) is 0 Å². The quantitative estimate of drug-likeness (QED) is 0.483. The van der Waals surface area contributed by atoms with E-state index in [0.29, 0.717) is 32.2 Å². The van der Waals surface area contributed by atoms with Crippen LogP contribution in [0.3, 0.4) is 0 Å². The van der Waals surface area contributed by atoms with Gasteiger partial charge in [0.15, 0.2) is 5.79 Å². The minimum atomic E-state index is -0.687. The maximum atomic E-state index is 12.5. The summed E-state index contributed by atoms with van der Waals surface area (Å²) in [6, 6.07) is 0. The van der Waals surface area contributed by atoms with E-state index in [2.05, 4.69) is 13.8 Å². The summed E-state index contributed by atoms with van der Waals surface area (Å²) in [5, 5.41) is 0. The summed E-state index contributed by atoms with van der Waals surface area (Å²) in [7, 11) is 0. The van der Waals surface area contributed by atoms with E-state index in [-0.39, 0.29) is 24.0 Å². The van der Waals surface area contributed by atoms with Crippen molar-refractivity contribution >= 4 is 11.8 Å². The predicted molar refractivity (Wildman–Crippen MR) is 83.3 cm³/mol. The molecule has 0 aromatic heterocycles. The molecule has 0 aromatic carbocycles. The second-order valence-corrected chi connectivity index (χ2v) is 6.71. The van der Waals surface area contributed by atoms with E-state index in [4.69, 9.17) is 14.2 Å². The van der Waals surface area contributed by atoms with Crippen molar-refractivity contribution in [2.24, 2.45) is 17.8 Å². The second kappa shape index (κ2) is 8.63. The van der Waals surface area contributed by atoms with Crippen LogP contribution < -0.4 is 0 Å². The Morgan fingerprint density at radius 1 is 1.09 bits per heavy atom. The van der Waals surface area contributed by atoms with Gasteiger partial charge in [-0.2, -0.15) is 0 Å². The van der Waals surface area contributed by atoms with Crippen molar-refractivity contribution in [2.75, 3.05) is 19.8 Å². The Bertz CT molecular complexity index is 369. The third-order valence-corrected chi connectivity index (χ3v) is 3.91. The van der Waals surface area contributed by atoms with Gasteiger partial charge < -0.3 is 14.2 Å². The monoisotopic (exact) mass is 314 g/mol. The number of Topliss-reactive ketones (excluding diaryl/α,β-unsaturated/α-hetero) is 1. The van der Waals surface area contributed by atoms with Crippen molar-refractivity contribution in [1.82, 2.24) is 0 Å². The smallest absolute Gasteiger partial charge is 0.313 e. The first kappa shape index (κ1) is 19.1. The Morgan fingerprint density at radius 3 is 2.14 bits per heavy atom. The lowest BCUT2D eigenvalue weighted by Gasteiger charge is -2.33. The molecule has 5 heteroatoms. The topological polar surface area (TPSA) is 61.8 Å². The first-order valence-electron chi connectivity index (χ1n) is 8.26. The van der Waals surface area contributed by atoms with E-state index >= 15 is 0 Å². The van der Waals surface area contributed by atoms with Crippen LogP contribution in [0.5, 0.6) is 0 Å². The van der Waals surface area contributed by atoms with Gasteiger partial charge in [0.05, 0.1) is 19.8 Å². The molecule has 22 heavy (non-hydrogen) atoms. The molecule has 0 saturated carbocycles. The maximum Gasteiger partial charge on any atom is 0.313 e. The summed E-state index contributed by atoms with van der Waals surface area (Å²) in [6.45, 7) is 11.3. The molecule has 1 saturated heterocycles. The van der Waals surface area contributed by atoms with Gasteiger partial charge in [-0.3, -0.25) is 9.59 Å². The van der Waals surface area contributed by atoms with Crippen LogP contribution >= 0.6 is 0 Å². The largest absolute Gasteiger partial charge is 0.466 e. The van der Waals surface area contributed by atoms with E-state index in [1.165, 1.54) is 0 Å². The minimum Gasteiger partial charge on any atom is -0.466 e. The van der Waals surface area contributed by atoms with Crippen LogP contribution in [0.15, 0.2) is 0 Å². The van der Waals surface area contributed by atoms with Gasteiger partial charge in [0, 0.05) is 18.8 Å². The first-order chi connectivity index (χ1) is 10.3. The van der Waals surface area contributed by atoms with Gasteiger partial charge in [-0.1, -0.05) is 27.7 Å². The molecule has 1 aliphatic rings. The average molecular weight is 314 g/mol. The van der Waals surface area contributed by atoms with Crippen LogP contribution in [0, 0.1) is 17.8 Å². The number of rotatable bonds is 9. The molecule has 1 heterocycles. The Morgan fingerprint density at radius 2 is 1.68 bits per heavy atom. The van der Waals surface area contributed by atoms with Crippen LogP contribution in [0.2, 0.25) is 0 Å². The Labute approximate surface area is 133 Å². The Balaban J connectivity index is 2.77. The SMILES string of the molecule is CCOC(=O)CC(=O)C(CC1(CC(C)C)OCCO1)C(C)C. The number of carbonyl (C=O) groups excluding carboxylic acids is 2. The normalized spacial score (nSPS) is 18.7. The fourth-order valence-corrected chi connectivity index (χ4v) is 2.98. The highest BCUT2D eigenvalue weighted by Gasteiger charge is 2.42. The first-order valence-corrected chi connectivity index (χ1v) is 8.26. The lowest BCUT2D eigenvalue weighted by Crippen LogP contribution is -2.38. The van der Waals surface area contributed by atoms with Crippen molar-refractivity contribution in [3.63, 3.8) is 0 Å². The van der Waals surface area contributed by atoms with Crippen LogP contribution in [-0.4, -0.2) is 37.4 Å². The van der Waals surface area contributed by atoms with Crippen LogP contribution in [0.25, 0.3) is 0 Å². The molecule has 0 spiro atoms. The molecule has 0 amide bonds. The number of hydrogen-bond acceptors (Lipinski definition) is 5. The fraction of sp³-hybridized carbons (Fsp3) is 0.882. The molecule has 1 atom stereocenters. The summed E-state index contributed by atoms with van der Waals surface area (Å²) in [6.07, 6.45) is 1.08. The van der Waals surface area contributed by atoms with E-state index in [1.807, 2.05) is 13.8 Å². The number of ketones is 1. The molecule has 0 aromatic rings.